The van der Waals surface area contributed by atoms with Crippen LogP contribution in [0.3, 0.4) is 0 Å². The first-order chi connectivity index (χ1) is 7.68. The van der Waals surface area contributed by atoms with Crippen LogP contribution in [0.1, 0.15) is 18.9 Å². The van der Waals surface area contributed by atoms with E-state index < -0.39 is 0 Å². The second-order valence-electron chi connectivity index (χ2n) is 4.10. The van der Waals surface area contributed by atoms with Crippen LogP contribution in [0.25, 0.3) is 0 Å². The van der Waals surface area contributed by atoms with Crippen molar-refractivity contribution < 1.29 is 9.47 Å². The summed E-state index contributed by atoms with van der Waals surface area (Å²) in [5, 5.41) is 0. The number of nitrogens with two attached hydrogens (primary N) is 1. The molecule has 0 aliphatic carbocycles. The Bertz CT molecular complexity index is 380. The van der Waals surface area contributed by atoms with Crippen molar-refractivity contribution >= 4 is 15.9 Å². The highest BCUT2D eigenvalue weighted by atomic mass is 79.9. The second kappa shape index (κ2) is 5.06. The SMILES string of the molecule is CC(N)Cc1ccc(Br)c2c1OCCCO2. The molecule has 1 unspecified atom stereocenters. The molecule has 1 aromatic carbocycles. The summed E-state index contributed by atoms with van der Waals surface area (Å²) in [4.78, 5) is 0. The van der Waals surface area contributed by atoms with Crippen molar-refractivity contribution in [1.29, 1.82) is 0 Å². The molecule has 1 aliphatic rings. The molecule has 3 nitrogen and oxygen atoms in total. The first-order valence-corrected chi connectivity index (χ1v) is 6.30. The lowest BCUT2D eigenvalue weighted by molar-refractivity contribution is 0.295. The van der Waals surface area contributed by atoms with E-state index in [0.717, 1.165) is 34.4 Å². The number of hydrogen-bond donors (Lipinski definition) is 1. The molecule has 16 heavy (non-hydrogen) atoms. The fraction of sp³-hybridized carbons (Fsp3) is 0.500. The Balaban J connectivity index is 2.39. The van der Waals surface area contributed by atoms with Gasteiger partial charge in [0.25, 0.3) is 0 Å². The van der Waals surface area contributed by atoms with Crippen molar-refractivity contribution in [3.8, 4) is 11.5 Å². The molecule has 2 N–H and O–H groups in total. The molecule has 0 fully saturated rings. The van der Waals surface area contributed by atoms with Crippen LogP contribution < -0.4 is 15.2 Å². The average molecular weight is 286 g/mol. The summed E-state index contributed by atoms with van der Waals surface area (Å²) in [6, 6.07) is 4.16. The summed E-state index contributed by atoms with van der Waals surface area (Å²) in [5.74, 6) is 1.67. The van der Waals surface area contributed by atoms with Gasteiger partial charge in [0.15, 0.2) is 11.5 Å². The molecule has 1 atom stereocenters. The lowest BCUT2D eigenvalue weighted by Gasteiger charge is -2.15. The van der Waals surface area contributed by atoms with Crippen molar-refractivity contribution in [3.05, 3.63) is 22.2 Å². The largest absolute Gasteiger partial charge is 0.489 e. The smallest absolute Gasteiger partial charge is 0.175 e. The third-order valence-corrected chi connectivity index (χ3v) is 3.09. The third-order valence-electron chi connectivity index (χ3n) is 2.47. The second-order valence-corrected chi connectivity index (χ2v) is 4.95. The average Bonchev–Trinajstić information content (AvgIpc) is 2.47. The number of halogens is 1. The Labute approximate surface area is 104 Å². The van der Waals surface area contributed by atoms with Crippen LogP contribution in [-0.4, -0.2) is 19.3 Å². The maximum Gasteiger partial charge on any atom is 0.175 e. The van der Waals surface area contributed by atoms with Gasteiger partial charge in [0.2, 0.25) is 0 Å². The number of fused-ring (bicyclic) bond motifs is 1. The van der Waals surface area contributed by atoms with Crippen LogP contribution in [0.2, 0.25) is 0 Å². The molecule has 0 saturated heterocycles. The maximum atomic E-state index is 5.83. The van der Waals surface area contributed by atoms with Gasteiger partial charge in [-0.15, -0.1) is 0 Å². The molecule has 1 aliphatic heterocycles. The van der Waals surface area contributed by atoms with Crippen molar-refractivity contribution in [2.45, 2.75) is 25.8 Å². The number of benzene rings is 1. The number of hydrogen-bond acceptors (Lipinski definition) is 3. The molecule has 4 heteroatoms. The maximum absolute atomic E-state index is 5.83. The quantitative estimate of drug-likeness (QED) is 0.908. The Morgan fingerprint density at radius 1 is 1.31 bits per heavy atom. The minimum absolute atomic E-state index is 0.122. The molecular weight excluding hydrogens is 270 g/mol. The van der Waals surface area contributed by atoms with Gasteiger partial charge in [-0.25, -0.2) is 0 Å². The lowest BCUT2D eigenvalue weighted by atomic mass is 10.1. The zero-order valence-corrected chi connectivity index (χ0v) is 10.9. The van der Waals surface area contributed by atoms with E-state index in [1.54, 1.807) is 0 Å². The Morgan fingerprint density at radius 2 is 2.00 bits per heavy atom. The van der Waals surface area contributed by atoms with E-state index in [-0.39, 0.29) is 6.04 Å². The van der Waals surface area contributed by atoms with Gasteiger partial charge >= 0.3 is 0 Å². The molecule has 0 spiro atoms. The lowest BCUT2D eigenvalue weighted by Crippen LogP contribution is -2.18. The fourth-order valence-electron chi connectivity index (χ4n) is 1.79. The number of rotatable bonds is 2. The van der Waals surface area contributed by atoms with Gasteiger partial charge in [-0.1, -0.05) is 6.07 Å². The monoisotopic (exact) mass is 285 g/mol. The molecule has 1 aromatic rings. The predicted molar refractivity (Wildman–Crippen MR) is 67.1 cm³/mol. The molecular formula is C12H16BrNO2. The highest BCUT2D eigenvalue weighted by Crippen LogP contribution is 2.40. The molecule has 0 radical (unpaired) electrons. The molecule has 0 aromatic heterocycles. The topological polar surface area (TPSA) is 44.5 Å². The van der Waals surface area contributed by atoms with E-state index >= 15 is 0 Å². The first kappa shape index (κ1) is 11.7. The first-order valence-electron chi connectivity index (χ1n) is 5.51. The van der Waals surface area contributed by atoms with E-state index in [1.165, 1.54) is 0 Å². The van der Waals surface area contributed by atoms with Gasteiger partial charge < -0.3 is 15.2 Å². The Kier molecular flexibility index (Phi) is 3.71. The van der Waals surface area contributed by atoms with Crippen molar-refractivity contribution in [2.75, 3.05) is 13.2 Å². The summed E-state index contributed by atoms with van der Waals surface area (Å²) >= 11 is 3.48. The Morgan fingerprint density at radius 3 is 2.69 bits per heavy atom. The molecule has 88 valence electrons. The van der Waals surface area contributed by atoms with Crippen LogP contribution in [0.4, 0.5) is 0 Å². The highest BCUT2D eigenvalue weighted by Gasteiger charge is 2.18. The van der Waals surface area contributed by atoms with Crippen LogP contribution in [0.15, 0.2) is 16.6 Å². The van der Waals surface area contributed by atoms with E-state index in [9.17, 15) is 0 Å². The zero-order chi connectivity index (χ0) is 11.5. The van der Waals surface area contributed by atoms with E-state index in [0.29, 0.717) is 13.2 Å². The highest BCUT2D eigenvalue weighted by molar-refractivity contribution is 9.10. The van der Waals surface area contributed by atoms with Gasteiger partial charge in [-0.2, -0.15) is 0 Å². The molecule has 2 rings (SSSR count). The van der Waals surface area contributed by atoms with E-state index in [1.807, 2.05) is 19.1 Å². The van der Waals surface area contributed by atoms with Gasteiger partial charge in [-0.05, 0) is 40.9 Å². The molecule has 0 amide bonds. The summed E-state index contributed by atoms with van der Waals surface area (Å²) in [6.45, 7) is 3.40. The van der Waals surface area contributed by atoms with Gasteiger partial charge in [0.1, 0.15) is 0 Å². The minimum atomic E-state index is 0.122. The van der Waals surface area contributed by atoms with Crippen LogP contribution in [0.5, 0.6) is 11.5 Å². The van der Waals surface area contributed by atoms with Crippen LogP contribution in [-0.2, 0) is 6.42 Å². The summed E-state index contributed by atoms with van der Waals surface area (Å²) < 4.78 is 12.4. The Hall–Kier alpha value is -0.740. The summed E-state index contributed by atoms with van der Waals surface area (Å²) in [5.41, 5.74) is 6.95. The summed E-state index contributed by atoms with van der Waals surface area (Å²) in [6.07, 6.45) is 1.72. The molecule has 0 bridgehead atoms. The van der Waals surface area contributed by atoms with Crippen molar-refractivity contribution in [3.63, 3.8) is 0 Å². The standard InChI is InChI=1S/C12H16BrNO2/c1-8(14)7-9-3-4-10(13)12-11(9)15-5-2-6-16-12/h3-4,8H,2,5-7,14H2,1H3. The summed E-state index contributed by atoms with van der Waals surface area (Å²) in [7, 11) is 0. The van der Waals surface area contributed by atoms with Crippen LogP contribution >= 0.6 is 15.9 Å². The molecule has 1 heterocycles. The minimum Gasteiger partial charge on any atom is -0.489 e. The van der Waals surface area contributed by atoms with E-state index in [2.05, 4.69) is 15.9 Å². The normalized spacial score (nSPS) is 16.7. The van der Waals surface area contributed by atoms with E-state index in [4.69, 9.17) is 15.2 Å². The van der Waals surface area contributed by atoms with Crippen molar-refractivity contribution in [2.24, 2.45) is 5.73 Å². The fourth-order valence-corrected chi connectivity index (χ4v) is 2.21. The van der Waals surface area contributed by atoms with Gasteiger partial charge in [0, 0.05) is 12.5 Å². The van der Waals surface area contributed by atoms with Gasteiger partial charge in [0.05, 0.1) is 17.7 Å². The van der Waals surface area contributed by atoms with Crippen LogP contribution in [0, 0.1) is 0 Å². The van der Waals surface area contributed by atoms with Crippen molar-refractivity contribution in [1.82, 2.24) is 0 Å². The third kappa shape index (κ3) is 2.50. The number of ether oxygens (including phenoxy) is 2. The van der Waals surface area contributed by atoms with Gasteiger partial charge in [-0.3, -0.25) is 0 Å². The molecule has 0 saturated carbocycles. The zero-order valence-electron chi connectivity index (χ0n) is 9.33. The predicted octanol–water partition coefficient (Wildman–Crippen LogP) is 2.50.